The lowest BCUT2D eigenvalue weighted by molar-refractivity contribution is -0.138. The van der Waals surface area contributed by atoms with Gasteiger partial charge in [0.25, 0.3) is 0 Å². The maximum atomic E-state index is 12.1. The van der Waals surface area contributed by atoms with Gasteiger partial charge in [-0.05, 0) is 38.5 Å². The van der Waals surface area contributed by atoms with E-state index in [1.54, 1.807) is 29.9 Å². The number of aromatic nitrogens is 2. The number of carbonyl (C=O) groups excluding carboxylic acids is 2. The van der Waals surface area contributed by atoms with E-state index in [2.05, 4.69) is 10.4 Å². The summed E-state index contributed by atoms with van der Waals surface area (Å²) in [4.78, 5) is 23.5. The van der Waals surface area contributed by atoms with Crippen LogP contribution in [0.25, 0.3) is 5.69 Å². The van der Waals surface area contributed by atoms with Crippen LogP contribution in [0.5, 0.6) is 0 Å². The number of carbonyl (C=O) groups is 2. The summed E-state index contributed by atoms with van der Waals surface area (Å²) in [7, 11) is 0. The van der Waals surface area contributed by atoms with Gasteiger partial charge in [-0.1, -0.05) is 17.7 Å². The summed E-state index contributed by atoms with van der Waals surface area (Å²) < 4.78 is 37.8. The largest absolute Gasteiger partial charge is 0.405 e. The highest BCUT2D eigenvalue weighted by Gasteiger charge is 2.27. The minimum atomic E-state index is -4.50. The van der Waals surface area contributed by atoms with Crippen molar-refractivity contribution >= 4 is 23.4 Å². The molecule has 0 saturated heterocycles. The van der Waals surface area contributed by atoms with Gasteiger partial charge >= 0.3 is 6.18 Å². The molecule has 1 aromatic heterocycles. The Labute approximate surface area is 165 Å². The quantitative estimate of drug-likeness (QED) is 0.760. The number of benzene rings is 1. The average Bonchev–Trinajstić information content (AvgIpc) is 2.88. The van der Waals surface area contributed by atoms with Crippen molar-refractivity contribution in [1.82, 2.24) is 20.4 Å². The van der Waals surface area contributed by atoms with Crippen LogP contribution in [0.15, 0.2) is 18.2 Å². The normalized spacial score (nSPS) is 11.4. The molecule has 0 saturated carbocycles. The molecule has 1 heterocycles. The van der Waals surface area contributed by atoms with E-state index in [0.717, 1.165) is 16.9 Å². The first kappa shape index (κ1) is 21.7. The zero-order valence-electron chi connectivity index (χ0n) is 15.6. The molecule has 0 bridgehead atoms. The molecule has 0 atom stereocenters. The molecule has 6 nitrogen and oxygen atoms in total. The highest BCUT2D eigenvalue weighted by Crippen LogP contribution is 2.23. The van der Waals surface area contributed by atoms with Crippen molar-refractivity contribution in [1.29, 1.82) is 0 Å². The Hall–Kier alpha value is -2.55. The summed E-state index contributed by atoms with van der Waals surface area (Å²) in [5, 5.41) is 9.02. The van der Waals surface area contributed by atoms with Gasteiger partial charge in [0, 0.05) is 16.3 Å². The van der Waals surface area contributed by atoms with Crippen molar-refractivity contribution in [3.05, 3.63) is 45.7 Å². The first-order valence-corrected chi connectivity index (χ1v) is 8.77. The molecule has 0 aliphatic heterocycles. The highest BCUT2D eigenvalue weighted by atomic mass is 35.5. The van der Waals surface area contributed by atoms with Crippen molar-refractivity contribution in [3.63, 3.8) is 0 Å². The smallest absolute Gasteiger partial charge is 0.347 e. The van der Waals surface area contributed by atoms with Gasteiger partial charge < -0.3 is 10.6 Å². The summed E-state index contributed by atoms with van der Waals surface area (Å²) in [5.41, 5.74) is 3.70. The number of hydrogen-bond donors (Lipinski definition) is 2. The van der Waals surface area contributed by atoms with Crippen molar-refractivity contribution in [2.75, 3.05) is 13.1 Å². The number of amides is 2. The minimum absolute atomic E-state index is 0.0518. The lowest BCUT2D eigenvalue weighted by atomic mass is 10.1. The standard InChI is InChI=1S/C18H20ClF3N4O2/c1-10-4-5-13(6-15(10)19)26-12(3)14(11(2)25-26)7-16(27)23-8-17(28)24-9-18(20,21)22/h4-6H,7-9H2,1-3H3,(H,23,27)(H,24,28). The molecule has 0 fully saturated rings. The summed E-state index contributed by atoms with van der Waals surface area (Å²) in [6.07, 6.45) is -4.55. The molecular formula is C18H20ClF3N4O2. The predicted octanol–water partition coefficient (Wildman–Crippen LogP) is 2.79. The Balaban J connectivity index is 2.02. The number of nitrogens with one attached hydrogen (secondary N) is 2. The summed E-state index contributed by atoms with van der Waals surface area (Å²) in [6.45, 7) is 3.46. The number of rotatable bonds is 6. The maximum absolute atomic E-state index is 12.1. The molecular weight excluding hydrogens is 397 g/mol. The lowest BCUT2D eigenvalue weighted by Crippen LogP contribution is -2.41. The fourth-order valence-electron chi connectivity index (χ4n) is 2.56. The fraction of sp³-hybridized carbons (Fsp3) is 0.389. The Kier molecular flexibility index (Phi) is 6.71. The molecule has 1 aromatic carbocycles. The number of halogens is 4. The van der Waals surface area contributed by atoms with Gasteiger partial charge in [-0.2, -0.15) is 18.3 Å². The van der Waals surface area contributed by atoms with E-state index in [-0.39, 0.29) is 6.42 Å². The number of nitrogens with zero attached hydrogens (tertiary/aromatic N) is 2. The molecule has 0 aliphatic rings. The molecule has 2 N–H and O–H groups in total. The van der Waals surface area contributed by atoms with E-state index in [4.69, 9.17) is 11.6 Å². The second-order valence-corrected chi connectivity index (χ2v) is 6.75. The summed E-state index contributed by atoms with van der Waals surface area (Å²) in [5.74, 6) is -1.40. The van der Waals surface area contributed by atoms with Gasteiger partial charge in [-0.3, -0.25) is 9.59 Å². The van der Waals surface area contributed by atoms with Crippen molar-refractivity contribution in [3.8, 4) is 5.69 Å². The van der Waals surface area contributed by atoms with Crippen molar-refractivity contribution < 1.29 is 22.8 Å². The van der Waals surface area contributed by atoms with E-state index in [1.807, 2.05) is 19.1 Å². The number of alkyl halides is 3. The third kappa shape index (κ3) is 5.72. The van der Waals surface area contributed by atoms with Gasteiger partial charge in [0.05, 0.1) is 24.3 Å². The fourth-order valence-corrected chi connectivity index (χ4v) is 2.73. The Morgan fingerprint density at radius 1 is 1.14 bits per heavy atom. The molecule has 0 unspecified atom stereocenters. The van der Waals surface area contributed by atoms with Gasteiger partial charge in [-0.25, -0.2) is 4.68 Å². The van der Waals surface area contributed by atoms with Gasteiger partial charge in [0.15, 0.2) is 0 Å². The molecule has 152 valence electrons. The maximum Gasteiger partial charge on any atom is 0.405 e. The van der Waals surface area contributed by atoms with Crippen molar-refractivity contribution in [2.24, 2.45) is 0 Å². The zero-order valence-corrected chi connectivity index (χ0v) is 16.3. The molecule has 0 radical (unpaired) electrons. The Bertz CT molecular complexity index is 894. The average molecular weight is 417 g/mol. The van der Waals surface area contributed by atoms with Crippen LogP contribution in [-0.2, 0) is 16.0 Å². The third-order valence-corrected chi connectivity index (χ3v) is 4.52. The summed E-state index contributed by atoms with van der Waals surface area (Å²) in [6, 6.07) is 5.49. The molecule has 2 rings (SSSR count). The van der Waals surface area contributed by atoms with Crippen LogP contribution < -0.4 is 10.6 Å². The van der Waals surface area contributed by atoms with Crippen LogP contribution in [0.1, 0.15) is 22.5 Å². The van der Waals surface area contributed by atoms with E-state index in [0.29, 0.717) is 16.3 Å². The monoisotopic (exact) mass is 416 g/mol. The first-order chi connectivity index (χ1) is 13.0. The minimum Gasteiger partial charge on any atom is -0.347 e. The highest BCUT2D eigenvalue weighted by molar-refractivity contribution is 6.31. The van der Waals surface area contributed by atoms with Crippen LogP contribution >= 0.6 is 11.6 Å². The van der Waals surface area contributed by atoms with E-state index in [9.17, 15) is 22.8 Å². The van der Waals surface area contributed by atoms with Crippen LogP contribution in [-0.4, -0.2) is 40.9 Å². The SMILES string of the molecule is Cc1ccc(-n2nc(C)c(CC(=O)NCC(=O)NCC(F)(F)F)c2C)cc1Cl. The van der Waals surface area contributed by atoms with Crippen LogP contribution in [0.4, 0.5) is 13.2 Å². The molecule has 0 aliphatic carbocycles. The van der Waals surface area contributed by atoms with Crippen LogP contribution in [0, 0.1) is 20.8 Å². The van der Waals surface area contributed by atoms with Gasteiger partial charge in [0.1, 0.15) is 6.54 Å². The van der Waals surface area contributed by atoms with Crippen LogP contribution in [0.2, 0.25) is 5.02 Å². The summed E-state index contributed by atoms with van der Waals surface area (Å²) >= 11 is 6.16. The topological polar surface area (TPSA) is 76.0 Å². The molecule has 28 heavy (non-hydrogen) atoms. The predicted molar refractivity (Wildman–Crippen MR) is 98.6 cm³/mol. The van der Waals surface area contributed by atoms with E-state index in [1.165, 1.54) is 0 Å². The van der Waals surface area contributed by atoms with E-state index >= 15 is 0 Å². The number of hydrogen-bond acceptors (Lipinski definition) is 3. The van der Waals surface area contributed by atoms with Crippen LogP contribution in [0.3, 0.4) is 0 Å². The second-order valence-electron chi connectivity index (χ2n) is 6.34. The lowest BCUT2D eigenvalue weighted by Gasteiger charge is -2.09. The van der Waals surface area contributed by atoms with Crippen molar-refractivity contribution in [2.45, 2.75) is 33.4 Å². The molecule has 10 heteroatoms. The molecule has 0 spiro atoms. The molecule has 2 aromatic rings. The number of aryl methyl sites for hydroxylation is 2. The zero-order chi connectivity index (χ0) is 21.1. The first-order valence-electron chi connectivity index (χ1n) is 8.39. The second kappa shape index (κ2) is 8.64. The van der Waals surface area contributed by atoms with Gasteiger partial charge in [-0.15, -0.1) is 0 Å². The molecule has 2 amide bonds. The Morgan fingerprint density at radius 2 is 1.82 bits per heavy atom. The Morgan fingerprint density at radius 3 is 2.43 bits per heavy atom. The van der Waals surface area contributed by atoms with Gasteiger partial charge in [0.2, 0.25) is 11.8 Å². The third-order valence-electron chi connectivity index (χ3n) is 4.11. The van der Waals surface area contributed by atoms with E-state index < -0.39 is 31.1 Å².